The summed E-state index contributed by atoms with van der Waals surface area (Å²) in [6, 6.07) is 16.6. The Kier molecular flexibility index (Phi) is 6.43. The first-order valence-corrected chi connectivity index (χ1v) is 12.8. The first-order valence-electron chi connectivity index (χ1n) is 11.4. The molecule has 1 aliphatic heterocycles. The second-order valence-electron chi connectivity index (χ2n) is 8.68. The fourth-order valence-electron chi connectivity index (χ4n) is 4.06. The van der Waals surface area contributed by atoms with E-state index in [4.69, 9.17) is 9.15 Å². The highest BCUT2D eigenvalue weighted by atomic mass is 32.2. The molecule has 0 N–H and O–H groups in total. The molecule has 3 aromatic carbocycles. The Balaban J connectivity index is 1.43. The summed E-state index contributed by atoms with van der Waals surface area (Å²) in [7, 11) is -4.27. The molecule has 1 unspecified atom stereocenters. The Morgan fingerprint density at radius 1 is 0.974 bits per heavy atom. The standard InChI is InChI=1S/C26H20F3N3O5S/c1-16-6-12-20(13-7-16)38(34,35)32-22(15-36-25(32)33)24-31-30-23(37-24)21-5-3-2-4-18(21)14-17-8-10-19(11-9-17)26(27,28)29/h2-13,22H,14-15H2,1H3. The van der Waals surface area contributed by atoms with E-state index in [1.165, 1.54) is 24.3 Å². The van der Waals surface area contributed by atoms with Gasteiger partial charge in [-0.1, -0.05) is 48.0 Å². The van der Waals surface area contributed by atoms with E-state index in [-0.39, 0.29) is 29.7 Å². The smallest absolute Gasteiger partial charge is 0.424 e. The zero-order valence-electron chi connectivity index (χ0n) is 19.8. The van der Waals surface area contributed by atoms with Crippen molar-refractivity contribution in [1.82, 2.24) is 14.5 Å². The van der Waals surface area contributed by atoms with E-state index >= 15 is 0 Å². The van der Waals surface area contributed by atoms with E-state index in [1.807, 2.05) is 0 Å². The lowest BCUT2D eigenvalue weighted by Gasteiger charge is -2.18. The minimum atomic E-state index is -4.43. The van der Waals surface area contributed by atoms with Gasteiger partial charge in [0.2, 0.25) is 11.8 Å². The predicted octanol–water partition coefficient (Wildman–Crippen LogP) is 5.54. The normalized spacial score (nSPS) is 16.1. The zero-order valence-corrected chi connectivity index (χ0v) is 20.7. The van der Waals surface area contributed by atoms with E-state index in [0.717, 1.165) is 17.7 Å². The Labute approximate surface area is 215 Å². The molecule has 0 radical (unpaired) electrons. The Morgan fingerprint density at radius 3 is 2.34 bits per heavy atom. The minimum absolute atomic E-state index is 0.0644. The summed E-state index contributed by atoms with van der Waals surface area (Å²) in [6.45, 7) is 1.50. The maximum absolute atomic E-state index is 13.2. The van der Waals surface area contributed by atoms with Crippen LogP contribution in [0.4, 0.5) is 18.0 Å². The average molecular weight is 544 g/mol. The molecule has 1 saturated heterocycles. The monoisotopic (exact) mass is 543 g/mol. The Morgan fingerprint density at radius 2 is 1.66 bits per heavy atom. The molecule has 8 nitrogen and oxygen atoms in total. The molecule has 1 atom stereocenters. The minimum Gasteiger partial charge on any atom is -0.446 e. The number of halogens is 3. The number of rotatable bonds is 6. The van der Waals surface area contributed by atoms with Crippen LogP contribution in [-0.4, -0.2) is 35.6 Å². The molecule has 12 heteroatoms. The summed E-state index contributed by atoms with van der Waals surface area (Å²) >= 11 is 0. The summed E-state index contributed by atoms with van der Waals surface area (Å²) < 4.78 is 76.6. The van der Waals surface area contributed by atoms with Gasteiger partial charge in [-0.3, -0.25) is 0 Å². The number of hydrogen-bond acceptors (Lipinski definition) is 7. The molecular weight excluding hydrogens is 523 g/mol. The molecule has 4 aromatic rings. The maximum atomic E-state index is 13.2. The molecule has 1 amide bonds. The molecule has 0 spiro atoms. The van der Waals surface area contributed by atoms with Gasteiger partial charge in [0.05, 0.1) is 10.5 Å². The SMILES string of the molecule is Cc1ccc(S(=O)(=O)N2C(=O)OCC2c2nnc(-c3ccccc3Cc3ccc(C(F)(F)F)cc3)o2)cc1. The number of aromatic nitrogens is 2. The molecular formula is C26H20F3N3O5S. The summed E-state index contributed by atoms with van der Waals surface area (Å²) in [6.07, 6.45) is -5.20. The number of carbonyl (C=O) groups is 1. The number of ether oxygens (including phenoxy) is 1. The molecule has 0 saturated carbocycles. The summed E-state index contributed by atoms with van der Waals surface area (Å²) in [5.74, 6) is -0.0691. The number of nitrogens with zero attached hydrogens (tertiary/aromatic N) is 3. The van der Waals surface area contributed by atoms with Crippen LogP contribution in [0.5, 0.6) is 0 Å². The van der Waals surface area contributed by atoms with E-state index in [9.17, 15) is 26.4 Å². The van der Waals surface area contributed by atoms with Crippen molar-refractivity contribution in [3.63, 3.8) is 0 Å². The van der Waals surface area contributed by atoms with Crippen molar-refractivity contribution in [3.05, 3.63) is 101 Å². The van der Waals surface area contributed by atoms with Crippen molar-refractivity contribution in [2.45, 2.75) is 30.5 Å². The number of cyclic esters (lactones) is 1. The predicted molar refractivity (Wildman–Crippen MR) is 128 cm³/mol. The van der Waals surface area contributed by atoms with E-state index in [1.54, 1.807) is 43.3 Å². The van der Waals surface area contributed by atoms with Gasteiger partial charge in [-0.2, -0.15) is 17.5 Å². The molecule has 2 heterocycles. The van der Waals surface area contributed by atoms with Crippen molar-refractivity contribution in [1.29, 1.82) is 0 Å². The first-order chi connectivity index (χ1) is 18.0. The molecule has 1 aromatic heterocycles. The molecule has 0 aliphatic carbocycles. The van der Waals surface area contributed by atoms with Crippen LogP contribution in [0.25, 0.3) is 11.5 Å². The topological polar surface area (TPSA) is 103 Å². The lowest BCUT2D eigenvalue weighted by Crippen LogP contribution is -2.34. The number of amides is 1. The van der Waals surface area contributed by atoms with Crippen molar-refractivity contribution < 1.29 is 35.5 Å². The van der Waals surface area contributed by atoms with E-state index < -0.39 is 33.9 Å². The highest BCUT2D eigenvalue weighted by molar-refractivity contribution is 7.89. The van der Waals surface area contributed by atoms with Crippen LogP contribution in [0.2, 0.25) is 0 Å². The van der Waals surface area contributed by atoms with Crippen LogP contribution in [-0.2, 0) is 27.4 Å². The molecule has 196 valence electrons. The van der Waals surface area contributed by atoms with Crippen LogP contribution in [0.3, 0.4) is 0 Å². The fourth-order valence-corrected chi connectivity index (χ4v) is 5.50. The van der Waals surface area contributed by atoms with Crippen LogP contribution in [0.15, 0.2) is 82.1 Å². The Bertz CT molecular complexity index is 1580. The van der Waals surface area contributed by atoms with Gasteiger partial charge in [-0.15, -0.1) is 10.2 Å². The summed E-state index contributed by atoms with van der Waals surface area (Å²) in [4.78, 5) is 12.3. The highest BCUT2D eigenvalue weighted by Crippen LogP contribution is 2.35. The lowest BCUT2D eigenvalue weighted by molar-refractivity contribution is -0.137. The van der Waals surface area contributed by atoms with Gasteiger partial charge in [0.25, 0.3) is 10.0 Å². The number of alkyl halides is 3. The highest BCUT2D eigenvalue weighted by Gasteiger charge is 2.46. The van der Waals surface area contributed by atoms with Crippen LogP contribution >= 0.6 is 0 Å². The molecule has 1 fully saturated rings. The number of carbonyl (C=O) groups excluding carboxylic acids is 1. The first kappa shape index (κ1) is 25.5. The second kappa shape index (κ2) is 9.60. The van der Waals surface area contributed by atoms with Gasteiger partial charge in [-0.05, 0) is 54.8 Å². The largest absolute Gasteiger partial charge is 0.446 e. The number of benzene rings is 3. The maximum Gasteiger partial charge on any atom is 0.424 e. The molecule has 0 bridgehead atoms. The van der Waals surface area contributed by atoms with Gasteiger partial charge >= 0.3 is 12.3 Å². The summed E-state index contributed by atoms with van der Waals surface area (Å²) in [5, 5.41) is 8.04. The van der Waals surface area contributed by atoms with Crippen LogP contribution in [0, 0.1) is 6.92 Å². The molecule has 1 aliphatic rings. The number of aryl methyl sites for hydroxylation is 1. The van der Waals surface area contributed by atoms with E-state index in [0.29, 0.717) is 21.0 Å². The summed E-state index contributed by atoms with van der Waals surface area (Å²) in [5.41, 5.74) is 1.96. The van der Waals surface area contributed by atoms with E-state index in [2.05, 4.69) is 10.2 Å². The molecule has 38 heavy (non-hydrogen) atoms. The Hall–Kier alpha value is -4.19. The van der Waals surface area contributed by atoms with Crippen molar-refractivity contribution in [3.8, 4) is 11.5 Å². The zero-order chi connectivity index (χ0) is 27.1. The average Bonchev–Trinajstić information content (AvgIpc) is 3.51. The third kappa shape index (κ3) is 4.86. The van der Waals surface area contributed by atoms with Gasteiger partial charge in [0.1, 0.15) is 6.61 Å². The van der Waals surface area contributed by atoms with Crippen LogP contribution < -0.4 is 0 Å². The lowest BCUT2D eigenvalue weighted by atomic mass is 9.99. The third-order valence-electron chi connectivity index (χ3n) is 6.05. The van der Waals surface area contributed by atoms with Gasteiger partial charge in [0, 0.05) is 5.56 Å². The van der Waals surface area contributed by atoms with Crippen molar-refractivity contribution in [2.75, 3.05) is 6.61 Å². The van der Waals surface area contributed by atoms with Gasteiger partial charge in [0.15, 0.2) is 6.04 Å². The fraction of sp³-hybridized carbons (Fsp3) is 0.192. The second-order valence-corrected chi connectivity index (χ2v) is 10.5. The van der Waals surface area contributed by atoms with Gasteiger partial charge < -0.3 is 9.15 Å². The molecule has 5 rings (SSSR count). The number of sulfonamides is 1. The van der Waals surface area contributed by atoms with Crippen molar-refractivity contribution in [2.24, 2.45) is 0 Å². The number of hydrogen-bond donors (Lipinski definition) is 0. The van der Waals surface area contributed by atoms with Crippen molar-refractivity contribution >= 4 is 16.1 Å². The van der Waals surface area contributed by atoms with Crippen LogP contribution in [0.1, 0.15) is 34.2 Å². The third-order valence-corrected chi connectivity index (χ3v) is 7.84. The van der Waals surface area contributed by atoms with Gasteiger partial charge in [-0.25, -0.2) is 13.2 Å². The quantitative estimate of drug-likeness (QED) is 0.315.